The number of nitrogens with one attached hydrogen (secondary N) is 2. The summed E-state index contributed by atoms with van der Waals surface area (Å²) in [5, 5.41) is 2.56. The van der Waals surface area contributed by atoms with Gasteiger partial charge in [0, 0.05) is 20.3 Å². The predicted molar refractivity (Wildman–Crippen MR) is 66.7 cm³/mol. The highest BCUT2D eigenvalue weighted by atomic mass is 32.2. The second kappa shape index (κ2) is 6.43. The van der Waals surface area contributed by atoms with Crippen LogP contribution in [0.2, 0.25) is 0 Å². The highest BCUT2D eigenvalue weighted by Gasteiger charge is 2.14. The fourth-order valence-corrected chi connectivity index (χ4v) is 1.61. The number of pyridine rings is 1. The van der Waals surface area contributed by atoms with Crippen LogP contribution in [0.5, 0.6) is 0 Å². The van der Waals surface area contributed by atoms with Crippen LogP contribution in [-0.2, 0) is 21.5 Å². The lowest BCUT2D eigenvalue weighted by Crippen LogP contribution is -2.41. The highest BCUT2D eigenvalue weighted by molar-refractivity contribution is 7.87. The average molecular weight is 272 g/mol. The minimum absolute atomic E-state index is 0.267. The van der Waals surface area contributed by atoms with Crippen molar-refractivity contribution in [2.75, 3.05) is 20.6 Å². The number of rotatable bonds is 6. The Morgan fingerprint density at radius 2 is 2.11 bits per heavy atom. The third-order valence-electron chi connectivity index (χ3n) is 2.09. The van der Waals surface area contributed by atoms with E-state index >= 15 is 0 Å². The molecule has 0 saturated carbocycles. The zero-order chi connectivity index (χ0) is 13.6. The van der Waals surface area contributed by atoms with E-state index in [-0.39, 0.29) is 13.1 Å². The van der Waals surface area contributed by atoms with Gasteiger partial charge in [-0.2, -0.15) is 17.4 Å². The maximum atomic E-state index is 11.4. The minimum Gasteiger partial charge on any atom is -0.349 e. The summed E-state index contributed by atoms with van der Waals surface area (Å²) in [6.07, 6.45) is 1.62. The molecule has 0 unspecified atom stereocenters. The number of carbonyl (C=O) groups is 1. The van der Waals surface area contributed by atoms with Crippen molar-refractivity contribution in [2.45, 2.75) is 6.54 Å². The Bertz CT molecular complexity index is 487. The summed E-state index contributed by atoms with van der Waals surface area (Å²) in [4.78, 5) is 15.4. The number of carbonyl (C=O) groups excluding carboxylic acids is 1. The first-order valence-electron chi connectivity index (χ1n) is 5.25. The van der Waals surface area contributed by atoms with Crippen molar-refractivity contribution in [2.24, 2.45) is 0 Å². The van der Waals surface area contributed by atoms with E-state index in [1.807, 2.05) is 6.07 Å². The van der Waals surface area contributed by atoms with Crippen molar-refractivity contribution in [1.82, 2.24) is 19.3 Å². The molecule has 1 rings (SSSR count). The van der Waals surface area contributed by atoms with Crippen molar-refractivity contribution in [3.63, 3.8) is 0 Å². The zero-order valence-corrected chi connectivity index (χ0v) is 11.1. The van der Waals surface area contributed by atoms with E-state index in [9.17, 15) is 13.2 Å². The molecule has 1 aromatic heterocycles. The van der Waals surface area contributed by atoms with Gasteiger partial charge in [0.2, 0.25) is 5.91 Å². The number of aromatic nitrogens is 1. The average Bonchev–Trinajstić information content (AvgIpc) is 2.35. The Hall–Kier alpha value is -1.51. The van der Waals surface area contributed by atoms with Gasteiger partial charge in [0.1, 0.15) is 0 Å². The molecular weight excluding hydrogens is 256 g/mol. The molecule has 1 heterocycles. The van der Waals surface area contributed by atoms with Crippen LogP contribution in [0, 0.1) is 0 Å². The van der Waals surface area contributed by atoms with E-state index < -0.39 is 16.1 Å². The van der Waals surface area contributed by atoms with Crippen molar-refractivity contribution in [3.05, 3.63) is 30.1 Å². The van der Waals surface area contributed by atoms with E-state index in [0.29, 0.717) is 5.69 Å². The third kappa shape index (κ3) is 4.78. The van der Waals surface area contributed by atoms with E-state index in [4.69, 9.17) is 0 Å². The van der Waals surface area contributed by atoms with Gasteiger partial charge in [-0.05, 0) is 12.1 Å². The molecule has 0 saturated heterocycles. The van der Waals surface area contributed by atoms with Crippen molar-refractivity contribution in [1.29, 1.82) is 0 Å². The summed E-state index contributed by atoms with van der Waals surface area (Å²) in [6.45, 7) is -0.0310. The molecule has 7 nitrogen and oxygen atoms in total. The number of nitrogens with zero attached hydrogens (tertiary/aromatic N) is 2. The van der Waals surface area contributed by atoms with Gasteiger partial charge in [-0.15, -0.1) is 0 Å². The lowest BCUT2D eigenvalue weighted by atomic mass is 10.3. The van der Waals surface area contributed by atoms with Gasteiger partial charge in [0.05, 0.1) is 18.8 Å². The molecule has 1 amide bonds. The zero-order valence-electron chi connectivity index (χ0n) is 10.3. The smallest absolute Gasteiger partial charge is 0.279 e. The second-order valence-electron chi connectivity index (χ2n) is 3.71. The van der Waals surface area contributed by atoms with Crippen LogP contribution in [-0.4, -0.2) is 44.3 Å². The maximum absolute atomic E-state index is 11.4. The fourth-order valence-electron chi connectivity index (χ4n) is 1.04. The highest BCUT2D eigenvalue weighted by Crippen LogP contribution is 1.92. The molecule has 0 atom stereocenters. The van der Waals surface area contributed by atoms with Gasteiger partial charge in [-0.3, -0.25) is 9.78 Å². The molecule has 1 aromatic rings. The van der Waals surface area contributed by atoms with E-state index in [1.54, 1.807) is 18.3 Å². The third-order valence-corrected chi connectivity index (χ3v) is 3.56. The lowest BCUT2D eigenvalue weighted by molar-refractivity contribution is -0.120. The molecule has 18 heavy (non-hydrogen) atoms. The summed E-state index contributed by atoms with van der Waals surface area (Å²) in [7, 11) is -0.803. The molecule has 8 heteroatoms. The van der Waals surface area contributed by atoms with Gasteiger partial charge >= 0.3 is 0 Å². The second-order valence-corrected chi connectivity index (χ2v) is 5.68. The summed E-state index contributed by atoms with van der Waals surface area (Å²) in [5.74, 6) is -0.411. The van der Waals surface area contributed by atoms with Crippen LogP contribution in [0.15, 0.2) is 24.4 Å². The van der Waals surface area contributed by atoms with E-state index in [0.717, 1.165) is 4.31 Å². The Morgan fingerprint density at radius 1 is 1.39 bits per heavy atom. The predicted octanol–water partition coefficient (Wildman–Crippen LogP) is -0.906. The van der Waals surface area contributed by atoms with Crippen LogP contribution in [0.4, 0.5) is 0 Å². The summed E-state index contributed by atoms with van der Waals surface area (Å²) >= 11 is 0. The van der Waals surface area contributed by atoms with E-state index in [2.05, 4.69) is 15.0 Å². The molecular formula is C10H16N4O3S. The number of hydrogen-bond donors (Lipinski definition) is 2. The Morgan fingerprint density at radius 3 is 2.67 bits per heavy atom. The van der Waals surface area contributed by atoms with Gasteiger partial charge in [0.25, 0.3) is 10.2 Å². The van der Waals surface area contributed by atoms with Gasteiger partial charge in [-0.25, -0.2) is 0 Å². The number of amides is 1. The Kier molecular flexibility index (Phi) is 5.20. The fraction of sp³-hybridized carbons (Fsp3) is 0.400. The molecule has 0 aliphatic rings. The van der Waals surface area contributed by atoms with Crippen molar-refractivity contribution >= 4 is 16.1 Å². The molecule has 0 radical (unpaired) electrons. The van der Waals surface area contributed by atoms with Crippen LogP contribution < -0.4 is 10.0 Å². The molecule has 2 N–H and O–H groups in total. The largest absolute Gasteiger partial charge is 0.349 e. The maximum Gasteiger partial charge on any atom is 0.279 e. The Labute approximate surface area is 106 Å². The van der Waals surface area contributed by atoms with Gasteiger partial charge in [0.15, 0.2) is 0 Å². The first kappa shape index (κ1) is 14.6. The monoisotopic (exact) mass is 272 g/mol. The van der Waals surface area contributed by atoms with Crippen LogP contribution in [0.25, 0.3) is 0 Å². The standard InChI is InChI=1S/C10H16N4O3S/c1-14(2)18(16,17)13-8-10(15)12-7-9-5-3-4-6-11-9/h3-6,13H,7-8H2,1-2H3,(H,12,15). The minimum atomic E-state index is -3.57. The normalized spacial score (nSPS) is 11.5. The van der Waals surface area contributed by atoms with Crippen LogP contribution >= 0.6 is 0 Å². The van der Waals surface area contributed by atoms with Crippen molar-refractivity contribution in [3.8, 4) is 0 Å². The molecule has 0 aliphatic heterocycles. The van der Waals surface area contributed by atoms with Gasteiger partial charge in [-0.1, -0.05) is 6.07 Å². The summed E-state index contributed by atoms with van der Waals surface area (Å²) in [5.41, 5.74) is 0.710. The van der Waals surface area contributed by atoms with Crippen LogP contribution in [0.3, 0.4) is 0 Å². The summed E-state index contributed by atoms with van der Waals surface area (Å²) < 4.78 is 25.8. The quantitative estimate of drug-likeness (QED) is 0.701. The molecule has 0 fully saturated rings. The molecule has 0 bridgehead atoms. The first-order valence-corrected chi connectivity index (χ1v) is 6.69. The first-order chi connectivity index (χ1) is 8.42. The number of hydrogen-bond acceptors (Lipinski definition) is 4. The van der Waals surface area contributed by atoms with Crippen LogP contribution in [0.1, 0.15) is 5.69 Å². The van der Waals surface area contributed by atoms with Crippen molar-refractivity contribution < 1.29 is 13.2 Å². The molecule has 0 aliphatic carbocycles. The van der Waals surface area contributed by atoms with E-state index in [1.165, 1.54) is 14.1 Å². The SMILES string of the molecule is CN(C)S(=O)(=O)NCC(=O)NCc1ccccn1. The Balaban J connectivity index is 2.35. The lowest BCUT2D eigenvalue weighted by Gasteiger charge is -2.12. The molecule has 0 aromatic carbocycles. The topological polar surface area (TPSA) is 91.4 Å². The van der Waals surface area contributed by atoms with Gasteiger partial charge < -0.3 is 5.32 Å². The molecule has 100 valence electrons. The molecule has 0 spiro atoms. The summed E-state index contributed by atoms with van der Waals surface area (Å²) in [6, 6.07) is 5.35.